The minimum absolute atomic E-state index is 0.194. The second-order valence-electron chi connectivity index (χ2n) is 7.00. The quantitative estimate of drug-likeness (QED) is 0.779. The van der Waals surface area contributed by atoms with Gasteiger partial charge in [-0.25, -0.2) is 13.2 Å². The molecular formula is C18H26N2O4S. The average Bonchev–Trinajstić information content (AvgIpc) is 3.44. The van der Waals surface area contributed by atoms with Crippen LogP contribution < -0.4 is 5.32 Å². The Bertz CT molecular complexity index is 735. The van der Waals surface area contributed by atoms with Gasteiger partial charge >= 0.3 is 5.97 Å². The summed E-state index contributed by atoms with van der Waals surface area (Å²) in [4.78, 5) is 11.9. The SMILES string of the molecule is COC(=O)c1ccc(C)c(S(=O)(=O)N2CCC(NCC3CC3)CC2)c1. The van der Waals surface area contributed by atoms with Crippen LogP contribution in [-0.2, 0) is 14.8 Å². The van der Waals surface area contributed by atoms with Crippen LogP contribution in [0.1, 0.15) is 41.6 Å². The van der Waals surface area contributed by atoms with E-state index < -0.39 is 16.0 Å². The van der Waals surface area contributed by atoms with Crippen molar-refractivity contribution in [3.8, 4) is 0 Å². The molecule has 1 saturated carbocycles. The number of carbonyl (C=O) groups excluding carboxylic acids is 1. The van der Waals surface area contributed by atoms with E-state index in [4.69, 9.17) is 4.74 Å². The van der Waals surface area contributed by atoms with Crippen molar-refractivity contribution >= 4 is 16.0 Å². The van der Waals surface area contributed by atoms with E-state index in [-0.39, 0.29) is 10.5 Å². The molecule has 2 aliphatic rings. The zero-order valence-corrected chi connectivity index (χ0v) is 15.6. The number of nitrogens with zero attached hydrogens (tertiary/aromatic N) is 1. The molecule has 2 fully saturated rings. The summed E-state index contributed by atoms with van der Waals surface area (Å²) in [6, 6.07) is 5.07. The van der Waals surface area contributed by atoms with Crippen molar-refractivity contribution in [2.45, 2.75) is 43.5 Å². The molecule has 1 N–H and O–H groups in total. The van der Waals surface area contributed by atoms with Gasteiger partial charge in [0.25, 0.3) is 0 Å². The number of carbonyl (C=O) groups is 1. The molecular weight excluding hydrogens is 340 g/mol. The number of benzene rings is 1. The third-order valence-electron chi connectivity index (χ3n) is 5.07. The van der Waals surface area contributed by atoms with Gasteiger partial charge in [0.15, 0.2) is 0 Å². The van der Waals surface area contributed by atoms with Crippen molar-refractivity contribution in [1.29, 1.82) is 0 Å². The highest BCUT2D eigenvalue weighted by atomic mass is 32.2. The first-order valence-electron chi connectivity index (χ1n) is 8.84. The van der Waals surface area contributed by atoms with Crippen molar-refractivity contribution in [2.75, 3.05) is 26.7 Å². The maximum atomic E-state index is 13.0. The molecule has 1 aliphatic carbocycles. The summed E-state index contributed by atoms with van der Waals surface area (Å²) in [5.74, 6) is 0.296. The van der Waals surface area contributed by atoms with Gasteiger partial charge in [-0.2, -0.15) is 4.31 Å². The first-order valence-corrected chi connectivity index (χ1v) is 10.3. The molecule has 1 heterocycles. The molecule has 3 rings (SSSR count). The van der Waals surface area contributed by atoms with E-state index in [0.717, 1.165) is 25.3 Å². The fourth-order valence-corrected chi connectivity index (χ4v) is 4.94. The zero-order chi connectivity index (χ0) is 18.0. The van der Waals surface area contributed by atoms with Gasteiger partial charge in [-0.05, 0) is 62.8 Å². The lowest BCUT2D eigenvalue weighted by atomic mass is 10.1. The number of esters is 1. The molecule has 25 heavy (non-hydrogen) atoms. The Balaban J connectivity index is 1.70. The summed E-state index contributed by atoms with van der Waals surface area (Å²) in [6.07, 6.45) is 4.27. The lowest BCUT2D eigenvalue weighted by molar-refractivity contribution is 0.0600. The summed E-state index contributed by atoms with van der Waals surface area (Å²) < 4.78 is 32.2. The monoisotopic (exact) mass is 366 g/mol. The Morgan fingerprint density at radius 1 is 1.24 bits per heavy atom. The van der Waals surface area contributed by atoms with Crippen LogP contribution >= 0.6 is 0 Å². The largest absolute Gasteiger partial charge is 0.465 e. The van der Waals surface area contributed by atoms with Gasteiger partial charge in [0.05, 0.1) is 17.6 Å². The van der Waals surface area contributed by atoms with Gasteiger partial charge in [0.1, 0.15) is 0 Å². The third kappa shape index (κ3) is 4.22. The minimum Gasteiger partial charge on any atom is -0.465 e. The van der Waals surface area contributed by atoms with Crippen molar-refractivity contribution in [3.05, 3.63) is 29.3 Å². The highest BCUT2D eigenvalue weighted by Crippen LogP contribution is 2.29. The topological polar surface area (TPSA) is 75.7 Å². The molecule has 0 spiro atoms. The Labute approximate surface area is 149 Å². The average molecular weight is 366 g/mol. The molecule has 6 nitrogen and oxygen atoms in total. The summed E-state index contributed by atoms with van der Waals surface area (Å²) in [5.41, 5.74) is 0.897. The van der Waals surface area contributed by atoms with Gasteiger partial charge < -0.3 is 10.1 Å². The maximum absolute atomic E-state index is 13.0. The number of hydrogen-bond donors (Lipinski definition) is 1. The maximum Gasteiger partial charge on any atom is 0.337 e. The van der Waals surface area contributed by atoms with Crippen molar-refractivity contribution in [2.24, 2.45) is 5.92 Å². The number of sulfonamides is 1. The Morgan fingerprint density at radius 3 is 2.52 bits per heavy atom. The molecule has 138 valence electrons. The normalized spacial score (nSPS) is 19.8. The number of piperidine rings is 1. The number of hydrogen-bond acceptors (Lipinski definition) is 5. The van der Waals surface area contributed by atoms with Gasteiger partial charge in [-0.15, -0.1) is 0 Å². The molecule has 0 radical (unpaired) electrons. The molecule has 1 aromatic rings. The fraction of sp³-hybridized carbons (Fsp3) is 0.611. The van der Waals surface area contributed by atoms with Crippen LogP contribution in [0.15, 0.2) is 23.1 Å². The Hall–Kier alpha value is -1.44. The van der Waals surface area contributed by atoms with Crippen molar-refractivity contribution < 1.29 is 17.9 Å². The van der Waals surface area contributed by atoms with Crippen molar-refractivity contribution in [1.82, 2.24) is 9.62 Å². The van der Waals surface area contributed by atoms with Crippen LogP contribution in [0, 0.1) is 12.8 Å². The zero-order valence-electron chi connectivity index (χ0n) is 14.8. The third-order valence-corrected chi connectivity index (χ3v) is 7.11. The summed E-state index contributed by atoms with van der Waals surface area (Å²) >= 11 is 0. The number of nitrogens with one attached hydrogen (secondary N) is 1. The molecule has 0 amide bonds. The number of ether oxygens (including phenoxy) is 1. The van der Waals surface area contributed by atoms with Gasteiger partial charge in [-0.3, -0.25) is 0 Å². The lowest BCUT2D eigenvalue weighted by Gasteiger charge is -2.32. The molecule has 0 unspecified atom stereocenters. The summed E-state index contributed by atoms with van der Waals surface area (Å²) in [5, 5.41) is 3.56. The first-order chi connectivity index (χ1) is 11.9. The van der Waals surface area contributed by atoms with E-state index >= 15 is 0 Å². The summed E-state index contributed by atoms with van der Waals surface area (Å²) in [7, 11) is -2.31. The van der Waals surface area contributed by atoms with Crippen molar-refractivity contribution in [3.63, 3.8) is 0 Å². The van der Waals surface area contributed by atoms with E-state index in [0.29, 0.717) is 24.7 Å². The van der Waals surface area contributed by atoms with Gasteiger partial charge in [-0.1, -0.05) is 6.07 Å². The molecule has 7 heteroatoms. The first kappa shape index (κ1) is 18.4. The molecule has 1 aromatic carbocycles. The lowest BCUT2D eigenvalue weighted by Crippen LogP contribution is -2.45. The van der Waals surface area contributed by atoms with E-state index in [1.807, 2.05) is 0 Å². The highest BCUT2D eigenvalue weighted by molar-refractivity contribution is 7.89. The van der Waals surface area contributed by atoms with E-state index in [1.54, 1.807) is 19.1 Å². The molecule has 0 bridgehead atoms. The predicted molar refractivity (Wildman–Crippen MR) is 95.0 cm³/mol. The van der Waals surface area contributed by atoms with E-state index in [1.165, 1.54) is 30.3 Å². The second kappa shape index (κ2) is 7.43. The fourth-order valence-electron chi connectivity index (χ4n) is 3.22. The number of rotatable bonds is 6. The van der Waals surface area contributed by atoms with E-state index in [2.05, 4.69) is 5.32 Å². The minimum atomic E-state index is -3.60. The molecule has 0 aromatic heterocycles. The second-order valence-corrected chi connectivity index (χ2v) is 8.91. The van der Waals surface area contributed by atoms with Gasteiger partial charge in [0.2, 0.25) is 10.0 Å². The van der Waals surface area contributed by atoms with Crippen LogP contribution in [0.2, 0.25) is 0 Å². The smallest absolute Gasteiger partial charge is 0.337 e. The highest BCUT2D eigenvalue weighted by Gasteiger charge is 2.31. The van der Waals surface area contributed by atoms with Crippen LogP contribution in [0.4, 0.5) is 0 Å². The molecule has 1 aliphatic heterocycles. The van der Waals surface area contributed by atoms with Crippen LogP contribution in [0.3, 0.4) is 0 Å². The number of aryl methyl sites for hydroxylation is 1. The molecule has 1 saturated heterocycles. The Morgan fingerprint density at radius 2 is 1.92 bits per heavy atom. The van der Waals surface area contributed by atoms with Crippen LogP contribution in [0.5, 0.6) is 0 Å². The Kier molecular flexibility index (Phi) is 5.46. The van der Waals surface area contributed by atoms with Crippen LogP contribution in [0.25, 0.3) is 0 Å². The standard InChI is InChI=1S/C18H26N2O4S/c1-13-3-6-15(18(21)24-2)11-17(13)25(22,23)20-9-7-16(8-10-20)19-12-14-4-5-14/h3,6,11,14,16,19H,4-5,7-10,12H2,1-2H3. The molecule has 0 atom stereocenters. The number of methoxy groups -OCH3 is 1. The predicted octanol–water partition coefficient (Wildman–Crippen LogP) is 1.93. The van der Waals surface area contributed by atoms with Gasteiger partial charge in [0, 0.05) is 19.1 Å². The van der Waals surface area contributed by atoms with E-state index in [9.17, 15) is 13.2 Å². The summed E-state index contributed by atoms with van der Waals surface area (Å²) in [6.45, 7) is 3.81. The van der Waals surface area contributed by atoms with Crippen LogP contribution in [-0.4, -0.2) is 51.5 Å².